The highest BCUT2D eigenvalue weighted by Crippen LogP contribution is 2.29. The van der Waals surface area contributed by atoms with Gasteiger partial charge in [0, 0.05) is 0 Å². The van der Waals surface area contributed by atoms with Crippen molar-refractivity contribution in [2.45, 2.75) is 41.5 Å². The van der Waals surface area contributed by atoms with E-state index in [4.69, 9.17) is 23.2 Å². The van der Waals surface area contributed by atoms with Gasteiger partial charge in [-0.15, -0.1) is 0 Å². The molecule has 2 nitrogen and oxygen atoms in total. The lowest BCUT2D eigenvalue weighted by Crippen LogP contribution is -2.32. The topological polar surface area (TPSA) is 8.81 Å². The molecular formula is C21H23Cl2N2+. The second-order valence-corrected chi connectivity index (χ2v) is 7.65. The summed E-state index contributed by atoms with van der Waals surface area (Å²) in [6.45, 7) is 12.6. The summed E-state index contributed by atoms with van der Waals surface area (Å²) in [5.74, 6) is 0. The third kappa shape index (κ3) is 3.09. The molecular weight excluding hydrogens is 351 g/mol. The third-order valence-corrected chi connectivity index (χ3v) is 5.40. The van der Waals surface area contributed by atoms with E-state index in [1.165, 1.54) is 33.4 Å². The Bertz CT molecular complexity index is 860. The van der Waals surface area contributed by atoms with Gasteiger partial charge in [0.1, 0.15) is 11.4 Å². The zero-order valence-electron chi connectivity index (χ0n) is 15.5. The lowest BCUT2D eigenvalue weighted by Gasteiger charge is -2.08. The quantitative estimate of drug-likeness (QED) is 0.493. The highest BCUT2D eigenvalue weighted by Gasteiger charge is 2.27. The lowest BCUT2D eigenvalue weighted by molar-refractivity contribution is -0.593. The van der Waals surface area contributed by atoms with Crippen LogP contribution in [0.5, 0.6) is 0 Å². The summed E-state index contributed by atoms with van der Waals surface area (Å²) in [5.41, 5.74) is 9.35. The molecule has 130 valence electrons. The monoisotopic (exact) mass is 373 g/mol. The van der Waals surface area contributed by atoms with Crippen molar-refractivity contribution in [2.24, 2.45) is 0 Å². The Morgan fingerprint density at radius 2 is 1.16 bits per heavy atom. The summed E-state index contributed by atoms with van der Waals surface area (Å²) >= 11 is 13.3. The molecule has 0 fully saturated rings. The summed E-state index contributed by atoms with van der Waals surface area (Å²) in [7, 11) is 0. The van der Waals surface area contributed by atoms with E-state index in [1.807, 2.05) is 15.5 Å². The first-order valence-electron chi connectivity index (χ1n) is 8.35. The lowest BCUT2D eigenvalue weighted by atomic mass is 10.0. The Morgan fingerprint density at radius 1 is 0.720 bits per heavy atom. The molecule has 0 radical (unpaired) electrons. The molecule has 3 rings (SSSR count). The molecule has 0 aliphatic heterocycles. The number of halogens is 2. The molecule has 0 amide bonds. The standard InChI is InChI=1S/C21H23Cl2N2/c1-12-7-14(3)18(15(4)8-12)24-11-25(21(23)20(24)22)19-16(5)9-13(2)10-17(19)6/h7-11H,1-6H3/q+1. The van der Waals surface area contributed by atoms with Crippen LogP contribution in [-0.4, -0.2) is 4.57 Å². The highest BCUT2D eigenvalue weighted by molar-refractivity contribution is 6.40. The molecule has 0 unspecified atom stereocenters. The summed E-state index contributed by atoms with van der Waals surface area (Å²) in [6.07, 6.45) is 1.99. The van der Waals surface area contributed by atoms with Crippen LogP contribution < -0.4 is 4.57 Å². The predicted octanol–water partition coefficient (Wildman–Crippen LogP) is 5.91. The van der Waals surface area contributed by atoms with E-state index in [0.29, 0.717) is 10.3 Å². The van der Waals surface area contributed by atoms with Crippen LogP contribution in [0.15, 0.2) is 30.6 Å². The molecule has 0 saturated carbocycles. The first-order chi connectivity index (χ1) is 11.7. The van der Waals surface area contributed by atoms with E-state index in [2.05, 4.69) is 65.8 Å². The van der Waals surface area contributed by atoms with Crippen LogP contribution in [0.4, 0.5) is 0 Å². The molecule has 1 aromatic heterocycles. The van der Waals surface area contributed by atoms with E-state index in [-0.39, 0.29) is 0 Å². The molecule has 0 N–H and O–H groups in total. The Hall–Kier alpha value is -1.77. The molecule has 25 heavy (non-hydrogen) atoms. The van der Waals surface area contributed by atoms with Crippen molar-refractivity contribution in [1.82, 2.24) is 4.57 Å². The summed E-state index contributed by atoms with van der Waals surface area (Å²) in [4.78, 5) is 0. The average Bonchev–Trinajstić information content (AvgIpc) is 2.74. The SMILES string of the molecule is Cc1cc(C)c(-n2c[n+](-c3c(C)cc(C)cc3C)c(Cl)c2Cl)c(C)c1. The molecule has 0 bridgehead atoms. The fourth-order valence-corrected chi connectivity index (χ4v) is 4.27. The minimum Gasteiger partial charge on any atom is -0.183 e. The molecule has 0 aliphatic rings. The van der Waals surface area contributed by atoms with Crippen molar-refractivity contribution >= 4 is 23.2 Å². The number of imidazole rings is 1. The van der Waals surface area contributed by atoms with Gasteiger partial charge in [-0.05, 0) is 87.0 Å². The number of benzene rings is 2. The van der Waals surface area contributed by atoms with Crippen LogP contribution in [0.2, 0.25) is 10.3 Å². The highest BCUT2D eigenvalue weighted by atomic mass is 35.5. The van der Waals surface area contributed by atoms with Gasteiger partial charge < -0.3 is 0 Å². The van der Waals surface area contributed by atoms with Gasteiger partial charge in [-0.1, -0.05) is 35.4 Å². The summed E-state index contributed by atoms with van der Waals surface area (Å²) in [5, 5.41) is 1.05. The summed E-state index contributed by atoms with van der Waals surface area (Å²) in [6, 6.07) is 8.66. The largest absolute Gasteiger partial charge is 0.260 e. The van der Waals surface area contributed by atoms with Crippen molar-refractivity contribution < 1.29 is 4.57 Å². The molecule has 1 heterocycles. The minimum atomic E-state index is 0.524. The normalized spacial score (nSPS) is 11.2. The van der Waals surface area contributed by atoms with Gasteiger partial charge in [0.2, 0.25) is 0 Å². The Balaban J connectivity index is 2.28. The van der Waals surface area contributed by atoms with E-state index >= 15 is 0 Å². The maximum atomic E-state index is 6.63. The van der Waals surface area contributed by atoms with Gasteiger partial charge in [-0.2, -0.15) is 9.13 Å². The first-order valence-corrected chi connectivity index (χ1v) is 9.10. The van der Waals surface area contributed by atoms with E-state index in [0.717, 1.165) is 11.4 Å². The van der Waals surface area contributed by atoms with Gasteiger partial charge in [0.05, 0.1) is 0 Å². The van der Waals surface area contributed by atoms with Crippen LogP contribution in [0.25, 0.3) is 11.4 Å². The number of aryl methyl sites for hydroxylation is 6. The van der Waals surface area contributed by atoms with Crippen molar-refractivity contribution in [1.29, 1.82) is 0 Å². The second-order valence-electron chi connectivity index (χ2n) is 6.93. The van der Waals surface area contributed by atoms with Gasteiger partial charge in [0.25, 0.3) is 16.6 Å². The number of hydrogen-bond acceptors (Lipinski definition) is 0. The molecule has 0 atom stereocenters. The Labute approximate surface area is 159 Å². The second kappa shape index (κ2) is 6.51. The summed E-state index contributed by atoms with van der Waals surface area (Å²) < 4.78 is 3.96. The van der Waals surface area contributed by atoms with Crippen LogP contribution in [0.3, 0.4) is 0 Å². The number of nitrogens with zero attached hydrogens (tertiary/aromatic N) is 2. The van der Waals surface area contributed by atoms with Crippen molar-refractivity contribution in [3.63, 3.8) is 0 Å². The molecule has 0 aliphatic carbocycles. The maximum absolute atomic E-state index is 6.63. The fourth-order valence-electron chi connectivity index (χ4n) is 3.83. The predicted molar refractivity (Wildman–Crippen MR) is 106 cm³/mol. The number of hydrogen-bond donors (Lipinski definition) is 0. The van der Waals surface area contributed by atoms with Crippen LogP contribution in [0, 0.1) is 41.5 Å². The van der Waals surface area contributed by atoms with Gasteiger partial charge in [0.15, 0.2) is 0 Å². The smallest absolute Gasteiger partial charge is 0.183 e. The van der Waals surface area contributed by atoms with Crippen LogP contribution in [-0.2, 0) is 0 Å². The number of rotatable bonds is 2. The molecule has 4 heteroatoms. The average molecular weight is 374 g/mol. The molecule has 3 aromatic rings. The van der Waals surface area contributed by atoms with Crippen LogP contribution in [0.1, 0.15) is 33.4 Å². The fraction of sp³-hybridized carbons (Fsp3) is 0.286. The zero-order chi connectivity index (χ0) is 18.5. The molecule has 0 spiro atoms. The van der Waals surface area contributed by atoms with Crippen molar-refractivity contribution in [2.75, 3.05) is 0 Å². The van der Waals surface area contributed by atoms with Crippen molar-refractivity contribution in [3.05, 3.63) is 74.3 Å². The number of aromatic nitrogens is 2. The van der Waals surface area contributed by atoms with Crippen molar-refractivity contribution in [3.8, 4) is 11.4 Å². The molecule has 0 saturated heterocycles. The third-order valence-electron chi connectivity index (χ3n) is 4.58. The minimum absolute atomic E-state index is 0.524. The Kier molecular flexibility index (Phi) is 4.70. The van der Waals surface area contributed by atoms with Crippen LogP contribution >= 0.6 is 23.2 Å². The van der Waals surface area contributed by atoms with Gasteiger partial charge in [-0.3, -0.25) is 0 Å². The Morgan fingerprint density at radius 3 is 1.64 bits per heavy atom. The zero-order valence-corrected chi connectivity index (χ0v) is 17.0. The van der Waals surface area contributed by atoms with Gasteiger partial charge >= 0.3 is 0 Å². The van der Waals surface area contributed by atoms with E-state index < -0.39 is 0 Å². The first kappa shape index (κ1) is 18.0. The molecule has 2 aromatic carbocycles. The maximum Gasteiger partial charge on any atom is 0.260 e. The van der Waals surface area contributed by atoms with E-state index in [1.54, 1.807) is 0 Å². The van der Waals surface area contributed by atoms with E-state index in [9.17, 15) is 0 Å². The van der Waals surface area contributed by atoms with Gasteiger partial charge in [-0.25, -0.2) is 0 Å².